The Morgan fingerprint density at radius 1 is 1.43 bits per heavy atom. The molecule has 74 valence electrons. The van der Waals surface area contributed by atoms with E-state index in [9.17, 15) is 4.79 Å². The van der Waals surface area contributed by atoms with Crippen LogP contribution in [0.25, 0.3) is 0 Å². The van der Waals surface area contributed by atoms with Crippen LogP contribution in [0.15, 0.2) is 24.3 Å². The van der Waals surface area contributed by atoms with Gasteiger partial charge in [0, 0.05) is 3.57 Å². The molecule has 0 unspecified atom stereocenters. The van der Waals surface area contributed by atoms with Crippen molar-refractivity contribution in [2.75, 3.05) is 7.11 Å². The van der Waals surface area contributed by atoms with E-state index in [1.165, 1.54) is 16.2 Å². The Bertz CT molecular complexity index is 345. The molecule has 1 fully saturated rings. The fourth-order valence-electron chi connectivity index (χ4n) is 1.69. The number of methoxy groups -OCH3 is 1. The molecule has 0 aliphatic heterocycles. The van der Waals surface area contributed by atoms with E-state index in [0.29, 0.717) is 5.92 Å². The summed E-state index contributed by atoms with van der Waals surface area (Å²) in [6.45, 7) is 0. The van der Waals surface area contributed by atoms with E-state index < -0.39 is 0 Å². The lowest BCUT2D eigenvalue weighted by Crippen LogP contribution is -2.03. The molecule has 0 radical (unpaired) electrons. The van der Waals surface area contributed by atoms with Gasteiger partial charge in [0.15, 0.2) is 0 Å². The Hall–Kier alpha value is -0.580. The molecule has 1 aliphatic rings. The largest absolute Gasteiger partial charge is 0.469 e. The number of ether oxygens (including phenoxy) is 1. The van der Waals surface area contributed by atoms with Crippen molar-refractivity contribution in [2.45, 2.75) is 12.3 Å². The fraction of sp³-hybridized carbons (Fsp3) is 0.364. The molecule has 0 heterocycles. The van der Waals surface area contributed by atoms with E-state index >= 15 is 0 Å². The Labute approximate surface area is 96.8 Å². The van der Waals surface area contributed by atoms with Crippen LogP contribution in [0.5, 0.6) is 0 Å². The van der Waals surface area contributed by atoms with Crippen LogP contribution in [0.2, 0.25) is 0 Å². The van der Waals surface area contributed by atoms with Gasteiger partial charge in [0.25, 0.3) is 0 Å². The second kappa shape index (κ2) is 3.88. The third kappa shape index (κ3) is 1.92. The van der Waals surface area contributed by atoms with Gasteiger partial charge in [-0.25, -0.2) is 0 Å². The second-order valence-electron chi connectivity index (χ2n) is 3.52. The highest BCUT2D eigenvalue weighted by Crippen LogP contribution is 2.48. The van der Waals surface area contributed by atoms with Crippen molar-refractivity contribution in [3.8, 4) is 0 Å². The van der Waals surface area contributed by atoms with Gasteiger partial charge in [0.1, 0.15) is 0 Å². The first-order valence-corrected chi connectivity index (χ1v) is 5.63. The van der Waals surface area contributed by atoms with Crippen molar-refractivity contribution in [1.82, 2.24) is 0 Å². The van der Waals surface area contributed by atoms with Crippen LogP contribution in [0.1, 0.15) is 17.9 Å². The Morgan fingerprint density at radius 3 is 2.64 bits per heavy atom. The van der Waals surface area contributed by atoms with Crippen molar-refractivity contribution < 1.29 is 9.53 Å². The Morgan fingerprint density at radius 2 is 2.07 bits per heavy atom. The summed E-state index contributed by atoms with van der Waals surface area (Å²) in [6.07, 6.45) is 0.938. The zero-order chi connectivity index (χ0) is 10.1. The zero-order valence-corrected chi connectivity index (χ0v) is 10.0. The topological polar surface area (TPSA) is 26.3 Å². The first-order chi connectivity index (χ1) is 6.72. The minimum Gasteiger partial charge on any atom is -0.469 e. The van der Waals surface area contributed by atoms with E-state index in [4.69, 9.17) is 4.74 Å². The number of carbonyl (C=O) groups excluding carboxylic acids is 1. The van der Waals surface area contributed by atoms with Gasteiger partial charge in [-0.15, -0.1) is 0 Å². The van der Waals surface area contributed by atoms with Crippen molar-refractivity contribution in [3.05, 3.63) is 33.4 Å². The number of esters is 1. The monoisotopic (exact) mass is 302 g/mol. The highest BCUT2D eigenvalue weighted by Gasteiger charge is 2.44. The number of hydrogen-bond acceptors (Lipinski definition) is 2. The number of carbonyl (C=O) groups is 1. The normalized spacial score (nSPS) is 24.4. The lowest BCUT2D eigenvalue weighted by Gasteiger charge is -1.99. The minimum atomic E-state index is -0.0754. The number of halogens is 1. The van der Waals surface area contributed by atoms with Crippen molar-refractivity contribution in [1.29, 1.82) is 0 Å². The van der Waals surface area contributed by atoms with Crippen LogP contribution in [0.4, 0.5) is 0 Å². The SMILES string of the molecule is COC(=O)[C@@H]1C[C@H]1c1ccc(I)cc1. The van der Waals surface area contributed by atoms with Gasteiger partial charge in [0.2, 0.25) is 0 Å². The standard InChI is InChI=1S/C11H11IO2/c1-14-11(13)10-6-9(10)7-2-4-8(12)5-3-7/h2-5,9-10H,6H2,1H3/t9-,10+/m0/s1. The minimum absolute atomic E-state index is 0.0754. The highest BCUT2D eigenvalue weighted by atomic mass is 127. The van der Waals surface area contributed by atoms with Gasteiger partial charge in [-0.2, -0.15) is 0 Å². The average Bonchev–Trinajstić information content (AvgIpc) is 2.98. The molecule has 1 aliphatic carbocycles. The summed E-state index contributed by atoms with van der Waals surface area (Å²) >= 11 is 2.27. The van der Waals surface area contributed by atoms with E-state index in [-0.39, 0.29) is 11.9 Å². The van der Waals surface area contributed by atoms with E-state index in [2.05, 4.69) is 46.9 Å². The average molecular weight is 302 g/mol. The first-order valence-electron chi connectivity index (χ1n) is 4.55. The van der Waals surface area contributed by atoms with Gasteiger partial charge >= 0.3 is 5.97 Å². The molecule has 0 N–H and O–H groups in total. The van der Waals surface area contributed by atoms with Crippen LogP contribution < -0.4 is 0 Å². The maximum atomic E-state index is 11.2. The molecular weight excluding hydrogens is 291 g/mol. The molecule has 2 atom stereocenters. The smallest absolute Gasteiger partial charge is 0.309 e. The molecule has 0 aromatic heterocycles. The summed E-state index contributed by atoms with van der Waals surface area (Å²) < 4.78 is 5.93. The molecule has 2 rings (SSSR count). The Balaban J connectivity index is 2.06. The molecule has 1 aromatic rings. The lowest BCUT2D eigenvalue weighted by molar-refractivity contribution is -0.142. The molecule has 14 heavy (non-hydrogen) atoms. The molecular formula is C11H11IO2. The van der Waals surface area contributed by atoms with Crippen LogP contribution >= 0.6 is 22.6 Å². The molecule has 0 amide bonds. The number of rotatable bonds is 2. The Kier molecular flexibility index (Phi) is 2.76. The number of hydrogen-bond donors (Lipinski definition) is 0. The summed E-state index contributed by atoms with van der Waals surface area (Å²) in [6, 6.07) is 8.33. The maximum Gasteiger partial charge on any atom is 0.309 e. The number of benzene rings is 1. The summed E-state index contributed by atoms with van der Waals surface area (Å²) in [5, 5.41) is 0. The van der Waals surface area contributed by atoms with Gasteiger partial charge in [-0.3, -0.25) is 4.79 Å². The molecule has 0 spiro atoms. The van der Waals surface area contributed by atoms with Crippen LogP contribution in [0, 0.1) is 9.49 Å². The molecule has 0 bridgehead atoms. The third-order valence-corrected chi connectivity index (χ3v) is 3.31. The molecule has 2 nitrogen and oxygen atoms in total. The van der Waals surface area contributed by atoms with Crippen LogP contribution in [-0.2, 0) is 9.53 Å². The first kappa shape index (κ1) is 9.96. The molecule has 1 aromatic carbocycles. The molecule has 3 heteroatoms. The third-order valence-electron chi connectivity index (χ3n) is 2.59. The summed E-state index contributed by atoms with van der Waals surface area (Å²) in [7, 11) is 1.45. The summed E-state index contributed by atoms with van der Waals surface area (Å²) in [5.41, 5.74) is 1.25. The van der Waals surface area contributed by atoms with E-state index in [1.54, 1.807) is 0 Å². The summed E-state index contributed by atoms with van der Waals surface area (Å²) in [5.74, 6) is 0.410. The van der Waals surface area contributed by atoms with Crippen LogP contribution in [-0.4, -0.2) is 13.1 Å². The second-order valence-corrected chi connectivity index (χ2v) is 4.77. The molecule has 0 saturated heterocycles. The van der Waals surface area contributed by atoms with Crippen molar-refractivity contribution in [2.24, 2.45) is 5.92 Å². The van der Waals surface area contributed by atoms with Gasteiger partial charge < -0.3 is 4.74 Å². The van der Waals surface area contributed by atoms with Crippen molar-refractivity contribution in [3.63, 3.8) is 0 Å². The van der Waals surface area contributed by atoms with Gasteiger partial charge in [0.05, 0.1) is 13.0 Å². The summed E-state index contributed by atoms with van der Waals surface area (Å²) in [4.78, 5) is 11.2. The molecule has 1 saturated carbocycles. The van der Waals surface area contributed by atoms with Crippen LogP contribution in [0.3, 0.4) is 0 Å². The highest BCUT2D eigenvalue weighted by molar-refractivity contribution is 14.1. The zero-order valence-electron chi connectivity index (χ0n) is 7.87. The maximum absolute atomic E-state index is 11.2. The predicted molar refractivity (Wildman–Crippen MR) is 62.0 cm³/mol. The van der Waals surface area contributed by atoms with Gasteiger partial charge in [-0.1, -0.05) is 12.1 Å². The quantitative estimate of drug-likeness (QED) is 0.620. The fourth-order valence-corrected chi connectivity index (χ4v) is 2.04. The van der Waals surface area contributed by atoms with Crippen molar-refractivity contribution >= 4 is 28.6 Å². The van der Waals surface area contributed by atoms with E-state index in [1.807, 2.05) is 0 Å². The lowest BCUT2D eigenvalue weighted by atomic mass is 10.1. The van der Waals surface area contributed by atoms with E-state index in [0.717, 1.165) is 6.42 Å². The van der Waals surface area contributed by atoms with Gasteiger partial charge in [-0.05, 0) is 52.6 Å². The predicted octanol–water partition coefficient (Wildman–Crippen LogP) is 2.57.